The second-order valence-electron chi connectivity index (χ2n) is 7.91. The summed E-state index contributed by atoms with van der Waals surface area (Å²) in [7, 11) is 0. The van der Waals surface area contributed by atoms with E-state index in [1.165, 1.54) is 0 Å². The maximum Gasteiger partial charge on any atom is 0.224 e. The largest absolute Gasteiger partial charge is 0.508 e. The van der Waals surface area contributed by atoms with Gasteiger partial charge in [0.25, 0.3) is 0 Å². The molecule has 3 aromatic heterocycles. The summed E-state index contributed by atoms with van der Waals surface area (Å²) in [5.41, 5.74) is 5.85. The zero-order valence-electron chi connectivity index (χ0n) is 18.3. The fourth-order valence-electron chi connectivity index (χ4n) is 3.99. The molecule has 5 aromatic rings. The van der Waals surface area contributed by atoms with Gasteiger partial charge in [-0.15, -0.1) is 0 Å². The second-order valence-corrected chi connectivity index (χ2v) is 7.91. The number of nitrogens with zero attached hydrogens (tertiary/aromatic N) is 5. The van der Waals surface area contributed by atoms with Gasteiger partial charge in [-0.1, -0.05) is 24.3 Å². The zero-order valence-corrected chi connectivity index (χ0v) is 18.3. The van der Waals surface area contributed by atoms with Crippen molar-refractivity contribution in [3.63, 3.8) is 0 Å². The van der Waals surface area contributed by atoms with Gasteiger partial charge >= 0.3 is 0 Å². The Balaban J connectivity index is 1.29. The third-order valence-corrected chi connectivity index (χ3v) is 5.66. The van der Waals surface area contributed by atoms with Gasteiger partial charge in [0.2, 0.25) is 5.91 Å². The summed E-state index contributed by atoms with van der Waals surface area (Å²) in [6, 6.07) is 14.6. The molecule has 3 heterocycles. The number of rotatable bonds is 5. The van der Waals surface area contributed by atoms with Crippen LogP contribution in [0.15, 0.2) is 60.9 Å². The number of carbonyl (C=O) groups excluding carboxylic acids is 1. The average molecular weight is 438 g/mol. The Kier molecular flexibility index (Phi) is 5.18. The number of aryl methyl sites for hydroxylation is 2. The predicted molar refractivity (Wildman–Crippen MR) is 126 cm³/mol. The van der Waals surface area contributed by atoms with Gasteiger partial charge in [0.15, 0.2) is 11.5 Å². The molecule has 0 bridgehead atoms. The van der Waals surface area contributed by atoms with Crippen molar-refractivity contribution in [1.82, 2.24) is 24.6 Å². The van der Waals surface area contributed by atoms with Gasteiger partial charge in [-0.3, -0.25) is 4.79 Å². The molecule has 8 heteroatoms. The molecule has 164 valence electrons. The van der Waals surface area contributed by atoms with Crippen LogP contribution in [0.4, 0.5) is 5.69 Å². The van der Waals surface area contributed by atoms with Crippen LogP contribution in [0, 0.1) is 13.8 Å². The van der Waals surface area contributed by atoms with Crippen molar-refractivity contribution < 1.29 is 9.90 Å². The minimum atomic E-state index is -0.131. The summed E-state index contributed by atoms with van der Waals surface area (Å²) in [4.78, 5) is 25.9. The molecule has 33 heavy (non-hydrogen) atoms. The van der Waals surface area contributed by atoms with E-state index >= 15 is 0 Å². The Morgan fingerprint density at radius 1 is 1.06 bits per heavy atom. The van der Waals surface area contributed by atoms with Crippen LogP contribution in [0.2, 0.25) is 0 Å². The third-order valence-electron chi connectivity index (χ3n) is 5.66. The summed E-state index contributed by atoms with van der Waals surface area (Å²) in [6.07, 6.45) is 3.96. The van der Waals surface area contributed by atoms with E-state index in [1.807, 2.05) is 48.7 Å². The first-order valence-corrected chi connectivity index (χ1v) is 10.6. The molecular formula is C25H22N6O2. The first kappa shape index (κ1) is 20.6. The fourth-order valence-corrected chi connectivity index (χ4v) is 3.99. The SMILES string of the molecule is Cc1nc2c3ccccc3nn2c(C)c1CCC(=O)Nc1cnc(-c2cccc(O)c2)nc1. The topological polar surface area (TPSA) is 105 Å². The van der Waals surface area contributed by atoms with Gasteiger partial charge in [0.05, 0.1) is 23.6 Å². The summed E-state index contributed by atoms with van der Waals surface area (Å²) in [5.74, 6) is 0.490. The Hall–Kier alpha value is -4.33. The number of hydrogen-bond acceptors (Lipinski definition) is 6. The molecule has 1 amide bonds. The second kappa shape index (κ2) is 8.31. The normalized spacial score (nSPS) is 11.2. The van der Waals surface area contributed by atoms with E-state index < -0.39 is 0 Å². The fraction of sp³-hybridized carbons (Fsp3) is 0.160. The predicted octanol–water partition coefficient (Wildman–Crippen LogP) is 4.23. The maximum absolute atomic E-state index is 12.6. The molecule has 0 spiro atoms. The van der Waals surface area contributed by atoms with Gasteiger partial charge in [-0.25, -0.2) is 19.5 Å². The first-order chi connectivity index (χ1) is 16.0. The van der Waals surface area contributed by atoms with Gasteiger partial charge in [0, 0.05) is 28.8 Å². The lowest BCUT2D eigenvalue weighted by Crippen LogP contribution is -2.14. The minimum absolute atomic E-state index is 0.131. The number of hydrogen-bond donors (Lipinski definition) is 2. The van der Waals surface area contributed by atoms with Crippen LogP contribution in [-0.4, -0.2) is 35.6 Å². The number of phenolic OH excluding ortho intramolecular Hbond substituents is 1. The number of phenols is 1. The molecule has 0 aliphatic carbocycles. The summed E-state index contributed by atoms with van der Waals surface area (Å²) < 4.78 is 1.86. The zero-order chi connectivity index (χ0) is 22.9. The van der Waals surface area contributed by atoms with E-state index in [1.54, 1.807) is 30.6 Å². The van der Waals surface area contributed by atoms with Crippen molar-refractivity contribution >= 4 is 28.1 Å². The molecule has 0 atom stereocenters. The number of fused-ring (bicyclic) bond motifs is 3. The van der Waals surface area contributed by atoms with Crippen LogP contribution >= 0.6 is 0 Å². The Bertz CT molecular complexity index is 1490. The van der Waals surface area contributed by atoms with Crippen molar-refractivity contribution in [2.24, 2.45) is 0 Å². The summed E-state index contributed by atoms with van der Waals surface area (Å²) in [6.45, 7) is 3.98. The number of aromatic nitrogens is 5. The number of amides is 1. The van der Waals surface area contributed by atoms with E-state index in [2.05, 4.69) is 20.4 Å². The molecule has 8 nitrogen and oxygen atoms in total. The number of aromatic hydroxyl groups is 1. The molecule has 0 aliphatic rings. The van der Waals surface area contributed by atoms with Gasteiger partial charge in [0.1, 0.15) is 5.75 Å². The third kappa shape index (κ3) is 3.98. The van der Waals surface area contributed by atoms with Gasteiger partial charge in [-0.2, -0.15) is 5.10 Å². The molecule has 2 N–H and O–H groups in total. The number of carbonyl (C=O) groups is 1. The van der Waals surface area contributed by atoms with Crippen LogP contribution in [-0.2, 0) is 11.2 Å². The van der Waals surface area contributed by atoms with E-state index in [0.29, 0.717) is 29.9 Å². The van der Waals surface area contributed by atoms with E-state index in [4.69, 9.17) is 4.98 Å². The highest BCUT2D eigenvalue weighted by atomic mass is 16.3. The maximum atomic E-state index is 12.6. The summed E-state index contributed by atoms with van der Waals surface area (Å²) in [5, 5.41) is 18.1. The average Bonchev–Trinajstić information content (AvgIpc) is 3.18. The van der Waals surface area contributed by atoms with E-state index in [-0.39, 0.29) is 11.7 Å². The van der Waals surface area contributed by atoms with E-state index in [9.17, 15) is 9.90 Å². The Labute approximate surface area is 190 Å². The molecule has 0 saturated heterocycles. The van der Waals surface area contributed by atoms with Crippen LogP contribution in [0.5, 0.6) is 5.75 Å². The lowest BCUT2D eigenvalue weighted by Gasteiger charge is -2.11. The van der Waals surface area contributed by atoms with Crippen molar-refractivity contribution in [2.45, 2.75) is 26.7 Å². The van der Waals surface area contributed by atoms with Gasteiger partial charge < -0.3 is 10.4 Å². The highest BCUT2D eigenvalue weighted by molar-refractivity contribution is 5.92. The van der Waals surface area contributed by atoms with Crippen LogP contribution in [0.3, 0.4) is 0 Å². The monoisotopic (exact) mass is 438 g/mol. The van der Waals surface area contributed by atoms with Crippen molar-refractivity contribution in [3.8, 4) is 17.1 Å². The van der Waals surface area contributed by atoms with Crippen molar-refractivity contribution in [3.05, 3.63) is 77.9 Å². The molecule has 0 aliphatic heterocycles. The van der Waals surface area contributed by atoms with Gasteiger partial charge in [-0.05, 0) is 50.1 Å². The molecule has 2 aromatic carbocycles. The summed E-state index contributed by atoms with van der Waals surface area (Å²) >= 11 is 0. The Morgan fingerprint density at radius 2 is 1.85 bits per heavy atom. The van der Waals surface area contributed by atoms with Crippen molar-refractivity contribution in [2.75, 3.05) is 5.32 Å². The molecule has 0 saturated carbocycles. The minimum Gasteiger partial charge on any atom is -0.508 e. The van der Waals surface area contributed by atoms with Crippen LogP contribution in [0.25, 0.3) is 27.9 Å². The smallest absolute Gasteiger partial charge is 0.224 e. The molecule has 0 radical (unpaired) electrons. The quantitative estimate of drug-likeness (QED) is 0.425. The lowest BCUT2D eigenvalue weighted by molar-refractivity contribution is -0.116. The number of benzene rings is 2. The Morgan fingerprint density at radius 3 is 2.64 bits per heavy atom. The number of anilines is 1. The van der Waals surface area contributed by atoms with E-state index in [0.717, 1.165) is 33.5 Å². The number of nitrogens with one attached hydrogen (secondary N) is 1. The van der Waals surface area contributed by atoms with Crippen LogP contribution < -0.4 is 5.32 Å². The lowest BCUT2D eigenvalue weighted by atomic mass is 10.1. The van der Waals surface area contributed by atoms with Crippen LogP contribution in [0.1, 0.15) is 23.4 Å². The van der Waals surface area contributed by atoms with Crippen molar-refractivity contribution in [1.29, 1.82) is 0 Å². The first-order valence-electron chi connectivity index (χ1n) is 10.6. The molecular weight excluding hydrogens is 416 g/mol. The molecule has 0 fully saturated rings. The highest BCUT2D eigenvalue weighted by Crippen LogP contribution is 2.23. The highest BCUT2D eigenvalue weighted by Gasteiger charge is 2.15. The molecule has 5 rings (SSSR count). The standard InChI is InChI=1S/C25H22N6O2/c1-15-20(16(2)31-25(28-15)21-8-3-4-9-22(21)30-31)10-11-23(33)29-18-13-26-24(27-14-18)17-6-5-7-19(32)12-17/h3-9,12-14,32H,10-11H2,1-2H3,(H,29,33). The molecule has 0 unspecified atom stereocenters.